The summed E-state index contributed by atoms with van der Waals surface area (Å²) in [5.74, 6) is -0.901. The fraction of sp³-hybridized carbons (Fsp3) is 0.111. The Morgan fingerprint density at radius 2 is 2.00 bits per heavy atom. The average molecular weight is 351 g/mol. The quantitative estimate of drug-likeness (QED) is 0.612. The first kappa shape index (κ1) is 15.9. The molecular formula is C18H14FN5O2. The number of carbonyl (C=O) groups is 1. The second kappa shape index (κ2) is 6.07. The molecule has 4 aromatic rings. The summed E-state index contributed by atoms with van der Waals surface area (Å²) in [6, 6.07) is 13.4. The van der Waals surface area contributed by atoms with Gasteiger partial charge in [0.25, 0.3) is 11.5 Å². The van der Waals surface area contributed by atoms with E-state index in [1.165, 1.54) is 27.6 Å². The van der Waals surface area contributed by atoms with Crippen molar-refractivity contribution in [1.29, 1.82) is 0 Å². The number of halogens is 1. The van der Waals surface area contributed by atoms with Gasteiger partial charge in [-0.25, -0.2) is 8.91 Å². The van der Waals surface area contributed by atoms with E-state index in [1.54, 1.807) is 7.05 Å². The van der Waals surface area contributed by atoms with Gasteiger partial charge in [0.1, 0.15) is 5.82 Å². The van der Waals surface area contributed by atoms with Crippen molar-refractivity contribution in [3.63, 3.8) is 0 Å². The Morgan fingerprint density at radius 3 is 2.77 bits per heavy atom. The first-order valence-electron chi connectivity index (χ1n) is 7.91. The summed E-state index contributed by atoms with van der Waals surface area (Å²) in [4.78, 5) is 29.2. The predicted octanol–water partition coefficient (Wildman–Crippen LogP) is 1.98. The van der Waals surface area contributed by atoms with Gasteiger partial charge in [-0.1, -0.05) is 35.5 Å². The van der Waals surface area contributed by atoms with Gasteiger partial charge >= 0.3 is 0 Å². The van der Waals surface area contributed by atoms with Gasteiger partial charge in [-0.3, -0.25) is 9.59 Å². The smallest absolute Gasteiger partial charge is 0.277 e. The molecule has 0 fully saturated rings. The van der Waals surface area contributed by atoms with Crippen LogP contribution in [0, 0.1) is 5.82 Å². The Bertz CT molecular complexity index is 1180. The molecule has 1 amide bonds. The van der Waals surface area contributed by atoms with Gasteiger partial charge in [-0.05, 0) is 23.8 Å². The number of hydrogen-bond donors (Lipinski definition) is 1. The van der Waals surface area contributed by atoms with Crippen molar-refractivity contribution >= 4 is 22.5 Å². The Hall–Kier alpha value is -3.55. The number of aromatic nitrogens is 4. The lowest BCUT2D eigenvalue weighted by Gasteiger charge is -2.15. The summed E-state index contributed by atoms with van der Waals surface area (Å²) < 4.78 is 14.6. The van der Waals surface area contributed by atoms with Crippen LogP contribution in [0.2, 0.25) is 0 Å². The molecule has 0 radical (unpaired) electrons. The molecule has 0 atom stereocenters. The molecule has 0 bridgehead atoms. The highest BCUT2D eigenvalue weighted by molar-refractivity contribution is 5.99. The van der Waals surface area contributed by atoms with Gasteiger partial charge in [0.2, 0.25) is 0 Å². The molecule has 0 aliphatic carbocycles. The van der Waals surface area contributed by atoms with Crippen LogP contribution in [0.4, 0.5) is 4.39 Å². The largest absolute Gasteiger partial charge is 0.336 e. The summed E-state index contributed by atoms with van der Waals surface area (Å²) >= 11 is 0. The molecule has 0 spiro atoms. The molecule has 130 valence electrons. The molecule has 7 nitrogen and oxygen atoms in total. The van der Waals surface area contributed by atoms with E-state index in [2.05, 4.69) is 15.3 Å². The van der Waals surface area contributed by atoms with Gasteiger partial charge in [-0.15, -0.1) is 5.10 Å². The van der Waals surface area contributed by atoms with E-state index in [0.717, 1.165) is 5.56 Å². The minimum atomic E-state index is -0.551. The van der Waals surface area contributed by atoms with E-state index in [0.29, 0.717) is 12.1 Å². The zero-order valence-corrected chi connectivity index (χ0v) is 13.8. The maximum Gasteiger partial charge on any atom is 0.277 e. The average Bonchev–Trinajstić information content (AvgIpc) is 3.07. The lowest BCUT2D eigenvalue weighted by Crippen LogP contribution is -2.28. The minimum absolute atomic E-state index is 0.0361. The number of hydrogen-bond acceptors (Lipinski definition) is 4. The summed E-state index contributed by atoms with van der Waals surface area (Å²) in [6.07, 6.45) is 0. The van der Waals surface area contributed by atoms with Crippen LogP contribution in [0.25, 0.3) is 16.6 Å². The summed E-state index contributed by atoms with van der Waals surface area (Å²) in [7, 11) is 1.63. The Kier molecular flexibility index (Phi) is 3.72. The molecule has 4 rings (SSSR count). The van der Waals surface area contributed by atoms with Crippen molar-refractivity contribution < 1.29 is 9.18 Å². The van der Waals surface area contributed by atoms with Crippen LogP contribution in [0.5, 0.6) is 0 Å². The zero-order valence-electron chi connectivity index (χ0n) is 13.8. The number of aromatic amines is 1. The van der Waals surface area contributed by atoms with E-state index in [9.17, 15) is 14.0 Å². The standard InChI is InChI=1S/C18H14FN5O2/c1-23(10-11-5-3-2-4-6-11)18(26)15-16-17(25)20-13-9-12(19)7-8-14(13)24(16)22-21-15/h2-9H,10H2,1H3,(H,20,25). The third-order valence-corrected chi connectivity index (χ3v) is 4.13. The molecule has 2 aromatic heterocycles. The molecule has 0 saturated heterocycles. The van der Waals surface area contributed by atoms with Gasteiger partial charge in [0, 0.05) is 13.6 Å². The van der Waals surface area contributed by atoms with Crippen LogP contribution in [0.15, 0.2) is 53.3 Å². The summed E-state index contributed by atoms with van der Waals surface area (Å²) in [5.41, 5.74) is 1.13. The van der Waals surface area contributed by atoms with E-state index in [1.807, 2.05) is 30.3 Å². The first-order valence-corrected chi connectivity index (χ1v) is 7.91. The fourth-order valence-corrected chi connectivity index (χ4v) is 2.88. The molecule has 1 N–H and O–H groups in total. The monoisotopic (exact) mass is 351 g/mol. The molecule has 26 heavy (non-hydrogen) atoms. The normalized spacial score (nSPS) is 11.2. The van der Waals surface area contributed by atoms with Crippen LogP contribution in [-0.4, -0.2) is 37.7 Å². The van der Waals surface area contributed by atoms with Crippen molar-refractivity contribution in [2.24, 2.45) is 0 Å². The van der Waals surface area contributed by atoms with Crippen LogP contribution in [0.1, 0.15) is 16.1 Å². The summed E-state index contributed by atoms with van der Waals surface area (Å²) in [5, 5.41) is 7.82. The molecule has 2 aromatic carbocycles. The Balaban J connectivity index is 1.78. The maximum atomic E-state index is 13.4. The number of H-pyrrole nitrogens is 1. The van der Waals surface area contributed by atoms with Gasteiger partial charge in [0.15, 0.2) is 11.2 Å². The lowest BCUT2D eigenvalue weighted by atomic mass is 10.2. The SMILES string of the molecule is CN(Cc1ccccc1)C(=O)c1nnn2c1c(=O)[nH]c1cc(F)ccc12. The third kappa shape index (κ3) is 2.61. The molecular weight excluding hydrogens is 337 g/mol. The number of nitrogens with one attached hydrogen (secondary N) is 1. The van der Waals surface area contributed by atoms with E-state index < -0.39 is 17.3 Å². The van der Waals surface area contributed by atoms with Gasteiger partial charge in [0.05, 0.1) is 11.0 Å². The van der Waals surface area contributed by atoms with Gasteiger partial charge < -0.3 is 9.88 Å². The van der Waals surface area contributed by atoms with Crippen LogP contribution >= 0.6 is 0 Å². The molecule has 0 saturated carbocycles. The first-order chi connectivity index (χ1) is 12.5. The second-order valence-electron chi connectivity index (χ2n) is 5.96. The molecule has 0 unspecified atom stereocenters. The summed E-state index contributed by atoms with van der Waals surface area (Å²) in [6.45, 7) is 0.370. The lowest BCUT2D eigenvalue weighted by molar-refractivity contribution is 0.0781. The molecule has 2 heterocycles. The van der Waals surface area contributed by atoms with E-state index in [4.69, 9.17) is 0 Å². The van der Waals surface area contributed by atoms with Crippen molar-refractivity contribution in [2.45, 2.75) is 6.54 Å². The number of nitrogens with zero attached hydrogens (tertiary/aromatic N) is 4. The predicted molar refractivity (Wildman–Crippen MR) is 93.3 cm³/mol. The van der Waals surface area contributed by atoms with Crippen LogP contribution in [0.3, 0.4) is 0 Å². The number of carbonyl (C=O) groups excluding carboxylic acids is 1. The number of fused-ring (bicyclic) bond motifs is 3. The zero-order chi connectivity index (χ0) is 18.3. The van der Waals surface area contributed by atoms with E-state index in [-0.39, 0.29) is 16.7 Å². The highest BCUT2D eigenvalue weighted by Crippen LogP contribution is 2.15. The van der Waals surface area contributed by atoms with Crippen molar-refractivity contribution in [2.75, 3.05) is 7.05 Å². The Labute approximate surface area is 146 Å². The third-order valence-electron chi connectivity index (χ3n) is 4.13. The molecule has 8 heteroatoms. The van der Waals surface area contributed by atoms with Crippen molar-refractivity contribution in [3.05, 3.63) is 76.0 Å². The number of rotatable bonds is 3. The molecule has 0 aliphatic rings. The van der Waals surface area contributed by atoms with Gasteiger partial charge in [-0.2, -0.15) is 0 Å². The topological polar surface area (TPSA) is 83.4 Å². The minimum Gasteiger partial charge on any atom is -0.336 e. The fourth-order valence-electron chi connectivity index (χ4n) is 2.88. The van der Waals surface area contributed by atoms with E-state index >= 15 is 0 Å². The van der Waals surface area contributed by atoms with Crippen LogP contribution in [-0.2, 0) is 6.54 Å². The number of benzene rings is 2. The maximum absolute atomic E-state index is 13.4. The molecule has 0 aliphatic heterocycles. The second-order valence-corrected chi connectivity index (χ2v) is 5.96. The Morgan fingerprint density at radius 1 is 1.23 bits per heavy atom. The highest BCUT2D eigenvalue weighted by Gasteiger charge is 2.22. The number of amides is 1. The van der Waals surface area contributed by atoms with Crippen molar-refractivity contribution in [3.8, 4) is 0 Å². The van der Waals surface area contributed by atoms with Crippen LogP contribution < -0.4 is 5.56 Å². The van der Waals surface area contributed by atoms with Crippen molar-refractivity contribution in [1.82, 2.24) is 24.7 Å². The highest BCUT2D eigenvalue weighted by atomic mass is 19.1.